The van der Waals surface area contributed by atoms with E-state index in [2.05, 4.69) is 10.1 Å². The van der Waals surface area contributed by atoms with Gasteiger partial charge in [-0.05, 0) is 36.4 Å². The monoisotopic (exact) mass is 410 g/mol. The van der Waals surface area contributed by atoms with Crippen LogP contribution in [0.4, 0.5) is 0 Å². The first-order valence-corrected chi connectivity index (χ1v) is 9.19. The van der Waals surface area contributed by atoms with Crippen molar-refractivity contribution in [1.29, 1.82) is 0 Å². The Morgan fingerprint density at radius 3 is 2.41 bits per heavy atom. The highest BCUT2D eigenvalue weighted by Crippen LogP contribution is 2.19. The standard InChI is InChI=1S/C20H15ClN4O4/c21-13-7-5-12(6-8-13)17(26)11-24-15-3-1-2-4-16(15)25-20(24)22-19(29)14(23-25)9-10-18(27)28/h1-8H,9-11H2,(H,27,28). The second-order valence-electron chi connectivity index (χ2n) is 6.47. The van der Waals surface area contributed by atoms with E-state index >= 15 is 0 Å². The number of hydrogen-bond acceptors (Lipinski definition) is 5. The molecule has 0 aliphatic rings. The summed E-state index contributed by atoms with van der Waals surface area (Å²) in [4.78, 5) is 40.1. The minimum absolute atomic E-state index is 0.0205. The van der Waals surface area contributed by atoms with E-state index in [4.69, 9.17) is 16.7 Å². The molecule has 2 aromatic carbocycles. The molecular formula is C20H15ClN4O4. The minimum atomic E-state index is -1.02. The Kier molecular flexibility index (Phi) is 4.85. The van der Waals surface area contributed by atoms with Crippen molar-refractivity contribution in [2.75, 3.05) is 0 Å². The number of fused-ring (bicyclic) bond motifs is 3. The van der Waals surface area contributed by atoms with Gasteiger partial charge in [0.05, 0.1) is 24.0 Å². The average molecular weight is 411 g/mol. The second kappa shape index (κ2) is 7.48. The Labute approximate surface area is 169 Å². The van der Waals surface area contributed by atoms with Crippen LogP contribution in [0, 0.1) is 0 Å². The molecule has 0 unspecified atom stereocenters. The van der Waals surface area contributed by atoms with Gasteiger partial charge in [-0.1, -0.05) is 23.7 Å². The lowest BCUT2D eigenvalue weighted by Gasteiger charge is -2.06. The van der Waals surface area contributed by atoms with Crippen LogP contribution in [0.5, 0.6) is 0 Å². The summed E-state index contributed by atoms with van der Waals surface area (Å²) in [5.41, 5.74) is 1.30. The number of imidazole rings is 1. The molecule has 0 saturated heterocycles. The molecule has 0 fully saturated rings. The second-order valence-corrected chi connectivity index (χ2v) is 6.91. The van der Waals surface area contributed by atoms with Gasteiger partial charge in [0.2, 0.25) is 5.78 Å². The number of rotatable bonds is 6. The van der Waals surface area contributed by atoms with Crippen molar-refractivity contribution in [2.24, 2.45) is 0 Å². The number of aliphatic carboxylic acids is 1. The Bertz CT molecular complexity index is 1310. The molecule has 4 rings (SSSR count). The number of aryl methyl sites for hydroxylation is 1. The molecule has 29 heavy (non-hydrogen) atoms. The molecule has 146 valence electrons. The summed E-state index contributed by atoms with van der Waals surface area (Å²) in [7, 11) is 0. The van der Waals surface area contributed by atoms with Crippen LogP contribution < -0.4 is 5.56 Å². The molecule has 0 amide bonds. The average Bonchev–Trinajstić information content (AvgIpc) is 2.99. The number of carbonyl (C=O) groups is 2. The van der Waals surface area contributed by atoms with Crippen molar-refractivity contribution in [3.63, 3.8) is 0 Å². The number of carbonyl (C=O) groups excluding carboxylic acids is 1. The van der Waals surface area contributed by atoms with Crippen molar-refractivity contribution in [3.8, 4) is 0 Å². The van der Waals surface area contributed by atoms with Crippen molar-refractivity contribution >= 4 is 40.2 Å². The van der Waals surface area contributed by atoms with Crippen LogP contribution in [-0.4, -0.2) is 36.0 Å². The van der Waals surface area contributed by atoms with Gasteiger partial charge in [0.1, 0.15) is 5.69 Å². The predicted octanol–water partition coefficient (Wildman–Crippen LogP) is 2.60. The lowest BCUT2D eigenvalue weighted by Crippen LogP contribution is -2.21. The summed E-state index contributed by atoms with van der Waals surface area (Å²) in [5.74, 6) is -0.973. The third-order valence-electron chi connectivity index (χ3n) is 4.54. The number of para-hydroxylation sites is 2. The molecule has 9 heteroatoms. The highest BCUT2D eigenvalue weighted by atomic mass is 35.5. The quantitative estimate of drug-likeness (QED) is 0.490. The zero-order valence-electron chi connectivity index (χ0n) is 15.1. The zero-order valence-corrected chi connectivity index (χ0v) is 15.8. The Morgan fingerprint density at radius 2 is 1.72 bits per heavy atom. The number of carboxylic acids is 1. The molecule has 0 saturated carbocycles. The molecule has 1 N–H and O–H groups in total. The summed E-state index contributed by atoms with van der Waals surface area (Å²) in [5, 5.41) is 13.7. The van der Waals surface area contributed by atoms with Gasteiger partial charge in [-0.2, -0.15) is 14.6 Å². The largest absolute Gasteiger partial charge is 0.481 e. The summed E-state index contributed by atoms with van der Waals surface area (Å²) in [6, 6.07) is 13.8. The first kappa shape index (κ1) is 18.8. The first-order valence-electron chi connectivity index (χ1n) is 8.82. The molecule has 0 aliphatic carbocycles. The number of ketones is 1. The molecule has 0 bridgehead atoms. The van der Waals surface area contributed by atoms with Gasteiger partial charge in [0, 0.05) is 17.0 Å². The van der Waals surface area contributed by atoms with E-state index in [0.717, 1.165) is 0 Å². The number of hydrogen-bond donors (Lipinski definition) is 1. The van der Waals surface area contributed by atoms with Crippen LogP contribution in [0.3, 0.4) is 0 Å². The van der Waals surface area contributed by atoms with Gasteiger partial charge in [0.25, 0.3) is 5.56 Å². The van der Waals surface area contributed by atoms with Crippen LogP contribution in [0.1, 0.15) is 22.5 Å². The van der Waals surface area contributed by atoms with E-state index in [1.807, 2.05) is 18.2 Å². The number of aromatic nitrogens is 4. The summed E-state index contributed by atoms with van der Waals surface area (Å²) >= 11 is 5.88. The smallest absolute Gasteiger partial charge is 0.303 e. The molecule has 0 atom stereocenters. The fraction of sp³-hybridized carbons (Fsp3) is 0.150. The fourth-order valence-electron chi connectivity index (χ4n) is 3.14. The molecule has 0 radical (unpaired) electrons. The lowest BCUT2D eigenvalue weighted by molar-refractivity contribution is -0.136. The topological polar surface area (TPSA) is 107 Å². The van der Waals surface area contributed by atoms with E-state index in [-0.39, 0.29) is 36.6 Å². The van der Waals surface area contributed by atoms with Gasteiger partial charge in [-0.15, -0.1) is 0 Å². The third kappa shape index (κ3) is 3.62. The number of halogens is 1. The molecular weight excluding hydrogens is 396 g/mol. The van der Waals surface area contributed by atoms with Crippen molar-refractivity contribution in [3.05, 3.63) is 75.2 Å². The zero-order chi connectivity index (χ0) is 20.5. The van der Waals surface area contributed by atoms with Gasteiger partial charge in [-0.25, -0.2) is 0 Å². The molecule has 8 nitrogen and oxygen atoms in total. The predicted molar refractivity (Wildman–Crippen MR) is 106 cm³/mol. The van der Waals surface area contributed by atoms with E-state index < -0.39 is 11.5 Å². The highest BCUT2D eigenvalue weighted by molar-refractivity contribution is 6.30. The first-order chi connectivity index (χ1) is 13.9. The third-order valence-corrected chi connectivity index (χ3v) is 4.80. The molecule has 2 heterocycles. The number of carboxylic acid groups (broad SMARTS) is 1. The Hall–Kier alpha value is -3.52. The summed E-state index contributed by atoms with van der Waals surface area (Å²) < 4.78 is 3.10. The van der Waals surface area contributed by atoms with E-state index in [0.29, 0.717) is 21.6 Å². The number of Topliss-reactive ketones (excluding diaryl/α,β-unsaturated/α-hetero) is 1. The van der Waals surface area contributed by atoms with Gasteiger partial charge in [-0.3, -0.25) is 14.4 Å². The maximum atomic E-state index is 12.8. The number of benzene rings is 2. The molecule has 2 aromatic heterocycles. The maximum Gasteiger partial charge on any atom is 0.303 e. The van der Waals surface area contributed by atoms with Gasteiger partial charge < -0.3 is 9.67 Å². The van der Waals surface area contributed by atoms with Gasteiger partial charge in [0.15, 0.2) is 5.78 Å². The van der Waals surface area contributed by atoms with Crippen molar-refractivity contribution in [1.82, 2.24) is 19.2 Å². The fourth-order valence-corrected chi connectivity index (χ4v) is 3.26. The minimum Gasteiger partial charge on any atom is -0.481 e. The normalized spacial score (nSPS) is 11.2. The van der Waals surface area contributed by atoms with Crippen LogP contribution >= 0.6 is 11.6 Å². The molecule has 0 spiro atoms. The van der Waals surface area contributed by atoms with Crippen molar-refractivity contribution < 1.29 is 14.7 Å². The lowest BCUT2D eigenvalue weighted by atomic mass is 10.1. The van der Waals surface area contributed by atoms with E-state index in [1.165, 1.54) is 4.52 Å². The highest BCUT2D eigenvalue weighted by Gasteiger charge is 2.18. The number of nitrogens with zero attached hydrogens (tertiary/aromatic N) is 4. The van der Waals surface area contributed by atoms with E-state index in [1.54, 1.807) is 34.9 Å². The van der Waals surface area contributed by atoms with Crippen molar-refractivity contribution in [2.45, 2.75) is 19.4 Å². The Morgan fingerprint density at radius 1 is 1.03 bits per heavy atom. The van der Waals surface area contributed by atoms with E-state index in [9.17, 15) is 14.4 Å². The Balaban J connectivity index is 1.83. The summed E-state index contributed by atoms with van der Waals surface area (Å²) in [6.45, 7) is -0.0404. The van der Waals surface area contributed by atoms with Gasteiger partial charge >= 0.3 is 5.97 Å². The van der Waals surface area contributed by atoms with Crippen LogP contribution in [-0.2, 0) is 17.8 Å². The van der Waals surface area contributed by atoms with Crippen LogP contribution in [0.25, 0.3) is 16.8 Å². The molecule has 4 aromatic rings. The summed E-state index contributed by atoms with van der Waals surface area (Å²) in [6.07, 6.45) is -0.239. The molecule has 0 aliphatic heterocycles. The van der Waals surface area contributed by atoms with Crippen LogP contribution in [0.15, 0.2) is 53.3 Å². The maximum absolute atomic E-state index is 12.8. The van der Waals surface area contributed by atoms with Crippen LogP contribution in [0.2, 0.25) is 5.02 Å². The SMILES string of the molecule is O=C(O)CCc1nn2c3ccccc3n(CC(=O)c3ccc(Cl)cc3)c2nc1=O.